The van der Waals surface area contributed by atoms with Gasteiger partial charge in [-0.1, -0.05) is 32.1 Å². The summed E-state index contributed by atoms with van der Waals surface area (Å²) in [6, 6.07) is 0. The Hall–Kier alpha value is -1.17. The minimum atomic E-state index is -0.487. The van der Waals surface area contributed by atoms with E-state index in [9.17, 15) is 15.0 Å². The van der Waals surface area contributed by atoms with E-state index in [1.54, 1.807) is 0 Å². The van der Waals surface area contributed by atoms with Gasteiger partial charge >= 0.3 is 5.97 Å². The molecule has 0 bridgehead atoms. The van der Waals surface area contributed by atoms with Crippen LogP contribution in [0.1, 0.15) is 52.9 Å². The van der Waals surface area contributed by atoms with Gasteiger partial charge in [0.15, 0.2) is 0 Å². The number of allylic oxidation sites excluding steroid dienone is 2. The van der Waals surface area contributed by atoms with Gasteiger partial charge in [0.2, 0.25) is 0 Å². The van der Waals surface area contributed by atoms with Gasteiger partial charge in [-0.05, 0) is 56.3 Å². The van der Waals surface area contributed by atoms with Crippen molar-refractivity contribution in [2.75, 3.05) is 19.8 Å². The minimum absolute atomic E-state index is 0.00650. The molecule has 0 aromatic heterocycles. The molecule has 3 fully saturated rings. The van der Waals surface area contributed by atoms with Gasteiger partial charge < -0.3 is 19.7 Å². The number of cyclic esters (lactones) is 1. The van der Waals surface area contributed by atoms with Crippen molar-refractivity contribution in [1.29, 1.82) is 0 Å². The van der Waals surface area contributed by atoms with E-state index >= 15 is 0 Å². The second-order valence-electron chi connectivity index (χ2n) is 8.96. The zero-order chi connectivity index (χ0) is 19.8. The molecule has 0 aromatic rings. The summed E-state index contributed by atoms with van der Waals surface area (Å²) in [6.45, 7) is 11.4. The molecular formula is C22H34O5. The normalized spacial score (nSPS) is 43.7. The molecule has 5 nitrogen and oxygen atoms in total. The third kappa shape index (κ3) is 3.39. The number of fused-ring (bicyclic) bond motifs is 1. The quantitative estimate of drug-likeness (QED) is 0.437. The third-order valence-corrected chi connectivity index (χ3v) is 7.58. The summed E-state index contributed by atoms with van der Waals surface area (Å²) >= 11 is 0. The second-order valence-corrected chi connectivity index (χ2v) is 8.96. The molecule has 0 radical (unpaired) electrons. The van der Waals surface area contributed by atoms with Gasteiger partial charge in [0, 0.05) is 12.0 Å². The van der Waals surface area contributed by atoms with Crippen LogP contribution in [0.15, 0.2) is 23.8 Å². The van der Waals surface area contributed by atoms with Crippen LogP contribution in [0.5, 0.6) is 0 Å². The Kier molecular flexibility index (Phi) is 5.85. The van der Waals surface area contributed by atoms with Crippen LogP contribution in [0.3, 0.4) is 0 Å². The lowest BCUT2D eigenvalue weighted by atomic mass is 9.46. The highest BCUT2D eigenvalue weighted by molar-refractivity contribution is 5.91. The van der Waals surface area contributed by atoms with Crippen LogP contribution >= 0.6 is 0 Å². The Bertz CT molecular complexity index is 626. The van der Waals surface area contributed by atoms with Crippen LogP contribution < -0.4 is 0 Å². The predicted octanol–water partition coefficient (Wildman–Crippen LogP) is 3.01. The van der Waals surface area contributed by atoms with Crippen molar-refractivity contribution in [2.24, 2.45) is 22.7 Å². The van der Waals surface area contributed by atoms with Gasteiger partial charge in [0.25, 0.3) is 0 Å². The summed E-state index contributed by atoms with van der Waals surface area (Å²) in [6.07, 6.45) is 5.39. The first-order valence-electron chi connectivity index (χ1n) is 10.2. The smallest absolute Gasteiger partial charge is 0.336 e. The number of ether oxygens (including phenoxy) is 2. The third-order valence-electron chi connectivity index (χ3n) is 7.58. The summed E-state index contributed by atoms with van der Waals surface area (Å²) in [7, 11) is 0. The highest BCUT2D eigenvalue weighted by atomic mass is 16.6. The lowest BCUT2D eigenvalue weighted by Crippen LogP contribution is -2.57. The topological polar surface area (TPSA) is 76.0 Å². The first kappa shape index (κ1) is 20.6. The lowest BCUT2D eigenvalue weighted by Gasteiger charge is -2.59. The Morgan fingerprint density at radius 1 is 1.37 bits per heavy atom. The van der Waals surface area contributed by atoms with Gasteiger partial charge in [-0.15, -0.1) is 0 Å². The van der Waals surface area contributed by atoms with E-state index in [2.05, 4.69) is 13.5 Å². The van der Waals surface area contributed by atoms with E-state index in [1.807, 2.05) is 19.9 Å². The Balaban J connectivity index is 1.87. The van der Waals surface area contributed by atoms with Crippen LogP contribution in [0.25, 0.3) is 0 Å². The van der Waals surface area contributed by atoms with Crippen molar-refractivity contribution in [3.8, 4) is 0 Å². The molecule has 0 aromatic carbocycles. The van der Waals surface area contributed by atoms with Crippen molar-refractivity contribution < 1.29 is 24.5 Å². The maximum atomic E-state index is 12.1. The fraction of sp³-hybridized carbons (Fsp3) is 0.773. The molecule has 27 heavy (non-hydrogen) atoms. The van der Waals surface area contributed by atoms with Gasteiger partial charge in [-0.3, -0.25) is 0 Å². The van der Waals surface area contributed by atoms with Crippen LogP contribution in [0.2, 0.25) is 0 Å². The van der Waals surface area contributed by atoms with Crippen LogP contribution in [0.4, 0.5) is 0 Å². The fourth-order valence-electron chi connectivity index (χ4n) is 5.89. The van der Waals surface area contributed by atoms with E-state index in [0.29, 0.717) is 25.2 Å². The fourth-order valence-corrected chi connectivity index (χ4v) is 5.89. The van der Waals surface area contributed by atoms with Crippen molar-refractivity contribution in [3.05, 3.63) is 23.8 Å². The van der Waals surface area contributed by atoms with Crippen molar-refractivity contribution in [1.82, 2.24) is 0 Å². The number of aliphatic hydroxyl groups is 2. The van der Waals surface area contributed by atoms with Gasteiger partial charge in [-0.2, -0.15) is 0 Å². The van der Waals surface area contributed by atoms with E-state index in [1.165, 1.54) is 5.57 Å². The molecule has 5 heteroatoms. The van der Waals surface area contributed by atoms with Gasteiger partial charge in [0.05, 0.1) is 18.3 Å². The monoisotopic (exact) mass is 378 g/mol. The van der Waals surface area contributed by atoms with Gasteiger partial charge in [0.1, 0.15) is 12.7 Å². The number of carbonyl (C=O) groups excluding carboxylic acids is 1. The highest BCUT2D eigenvalue weighted by Crippen LogP contribution is 2.61. The average Bonchev–Trinajstić information content (AvgIpc) is 2.98. The highest BCUT2D eigenvalue weighted by Gasteiger charge is 2.57. The van der Waals surface area contributed by atoms with Gasteiger partial charge in [-0.25, -0.2) is 4.79 Å². The molecule has 3 rings (SSSR count). The molecule has 3 aliphatic rings. The molecule has 0 spiro atoms. The van der Waals surface area contributed by atoms with E-state index in [-0.39, 0.29) is 35.9 Å². The molecular weight excluding hydrogens is 344 g/mol. The Morgan fingerprint density at radius 2 is 2.11 bits per heavy atom. The largest absolute Gasteiger partial charge is 0.459 e. The molecule has 6 atom stereocenters. The summed E-state index contributed by atoms with van der Waals surface area (Å²) in [5.74, 6) is 0.166. The molecule has 2 unspecified atom stereocenters. The predicted molar refractivity (Wildman–Crippen MR) is 103 cm³/mol. The molecule has 2 aliphatic carbocycles. The zero-order valence-corrected chi connectivity index (χ0v) is 16.9. The standard InChI is InChI=1S/C22H34O5/c1-5-26-17-12-27-20(25)15(17)7-8-16-14(2)6-9-18-21(16,3)11-10-19(24)22(18,4)13-23/h7,16-19,23-24H,2,5-6,8-13H2,1,3-4H3/b15-7-/t16-,17?,18?,19-,21+,22+/m1/s1. The SMILES string of the molecule is C=C1CCC2[C@](C)(CO)[C@H](O)CC[C@@]2(C)[C@@H]1C/C=C1\C(=O)OCC1OCC. The maximum Gasteiger partial charge on any atom is 0.336 e. The number of hydrogen-bond acceptors (Lipinski definition) is 5. The molecule has 2 N–H and O–H groups in total. The summed E-state index contributed by atoms with van der Waals surface area (Å²) in [5, 5.41) is 20.7. The van der Waals surface area contributed by atoms with Crippen LogP contribution in [-0.2, 0) is 14.3 Å². The molecule has 1 heterocycles. The average molecular weight is 379 g/mol. The molecule has 2 saturated carbocycles. The number of rotatable bonds is 5. The number of hydrogen-bond donors (Lipinski definition) is 2. The van der Waals surface area contributed by atoms with Crippen molar-refractivity contribution in [2.45, 2.75) is 65.1 Å². The maximum absolute atomic E-state index is 12.1. The Labute approximate surface area is 162 Å². The summed E-state index contributed by atoms with van der Waals surface area (Å²) < 4.78 is 10.8. The molecule has 1 saturated heterocycles. The van der Waals surface area contributed by atoms with Crippen LogP contribution in [0, 0.1) is 22.7 Å². The van der Waals surface area contributed by atoms with Crippen molar-refractivity contribution >= 4 is 5.97 Å². The van der Waals surface area contributed by atoms with E-state index in [4.69, 9.17) is 9.47 Å². The van der Waals surface area contributed by atoms with Crippen LogP contribution in [-0.4, -0.2) is 48.2 Å². The second kappa shape index (κ2) is 7.69. The van der Waals surface area contributed by atoms with E-state index < -0.39 is 11.5 Å². The number of esters is 1. The molecule has 152 valence electrons. The van der Waals surface area contributed by atoms with Crippen molar-refractivity contribution in [3.63, 3.8) is 0 Å². The Morgan fingerprint density at radius 3 is 2.78 bits per heavy atom. The molecule has 0 amide bonds. The summed E-state index contributed by atoms with van der Waals surface area (Å²) in [4.78, 5) is 12.1. The lowest BCUT2D eigenvalue weighted by molar-refractivity contribution is -0.151. The summed E-state index contributed by atoms with van der Waals surface area (Å²) in [5.41, 5.74) is 1.30. The van der Waals surface area contributed by atoms with E-state index in [0.717, 1.165) is 25.7 Å². The minimum Gasteiger partial charge on any atom is -0.459 e. The first-order valence-corrected chi connectivity index (χ1v) is 10.2. The number of aliphatic hydroxyl groups excluding tert-OH is 2. The molecule has 1 aliphatic heterocycles. The zero-order valence-electron chi connectivity index (χ0n) is 16.9. The first-order chi connectivity index (χ1) is 12.8. The number of carbonyl (C=O) groups is 1.